The number of carbonyl (C=O) groups is 1. The number of hydrogen-bond acceptors (Lipinski definition) is 8. The molecular formula is C22H28N6O2S2. The van der Waals surface area contributed by atoms with Gasteiger partial charge in [0.1, 0.15) is 5.69 Å². The van der Waals surface area contributed by atoms with E-state index in [0.717, 1.165) is 32.7 Å². The molecule has 10 heteroatoms. The molecule has 1 aromatic carbocycles. The molecule has 32 heavy (non-hydrogen) atoms. The summed E-state index contributed by atoms with van der Waals surface area (Å²) >= 11 is 2.66. The molecule has 1 aliphatic heterocycles. The summed E-state index contributed by atoms with van der Waals surface area (Å²) in [5.74, 6) is 0.0995. The number of piperazine rings is 1. The van der Waals surface area contributed by atoms with Crippen molar-refractivity contribution >= 4 is 34.0 Å². The van der Waals surface area contributed by atoms with Crippen LogP contribution in [0.3, 0.4) is 0 Å². The second kappa shape index (κ2) is 9.29. The molecule has 1 saturated heterocycles. The van der Waals surface area contributed by atoms with Gasteiger partial charge >= 0.3 is 0 Å². The van der Waals surface area contributed by atoms with Crippen molar-refractivity contribution < 1.29 is 4.79 Å². The van der Waals surface area contributed by atoms with E-state index in [1.54, 1.807) is 0 Å². The van der Waals surface area contributed by atoms with Crippen LogP contribution in [0, 0.1) is 0 Å². The van der Waals surface area contributed by atoms with Crippen molar-refractivity contribution in [3.05, 3.63) is 51.9 Å². The third kappa shape index (κ3) is 5.02. The Morgan fingerprint density at radius 3 is 2.47 bits per heavy atom. The molecule has 0 spiro atoms. The number of aromatic nitrogens is 4. The Hall–Kier alpha value is -2.30. The lowest BCUT2D eigenvalue weighted by atomic mass is 9.93. The van der Waals surface area contributed by atoms with Gasteiger partial charge < -0.3 is 4.90 Å². The Morgan fingerprint density at radius 1 is 1.12 bits per heavy atom. The Bertz CT molecular complexity index is 1150. The monoisotopic (exact) mass is 472 g/mol. The Kier molecular flexibility index (Phi) is 6.64. The smallest absolute Gasteiger partial charge is 0.297 e. The van der Waals surface area contributed by atoms with E-state index in [-0.39, 0.29) is 16.7 Å². The summed E-state index contributed by atoms with van der Waals surface area (Å²) in [6.45, 7) is 11.7. The first-order chi connectivity index (χ1) is 15.2. The number of fused-ring (bicyclic) bond motifs is 1. The van der Waals surface area contributed by atoms with Crippen LogP contribution in [-0.4, -0.2) is 66.9 Å². The number of amides is 1. The minimum Gasteiger partial charge on any atom is -0.339 e. The average molecular weight is 473 g/mol. The predicted octanol–water partition coefficient (Wildman–Crippen LogP) is 2.67. The fourth-order valence-electron chi connectivity index (χ4n) is 3.64. The summed E-state index contributed by atoms with van der Waals surface area (Å²) in [6.07, 6.45) is 0. The number of carbonyl (C=O) groups excluding carboxylic acids is 1. The zero-order valence-corrected chi connectivity index (χ0v) is 20.4. The summed E-state index contributed by atoms with van der Waals surface area (Å²) in [5.41, 5.74) is 1.02. The molecule has 3 heterocycles. The van der Waals surface area contributed by atoms with Gasteiger partial charge in [0, 0.05) is 38.1 Å². The second-order valence-corrected chi connectivity index (χ2v) is 11.6. The van der Waals surface area contributed by atoms with Gasteiger partial charge in [-0.15, -0.1) is 15.3 Å². The third-order valence-corrected chi connectivity index (χ3v) is 7.51. The molecule has 1 amide bonds. The zero-order valence-electron chi connectivity index (χ0n) is 18.8. The van der Waals surface area contributed by atoms with Crippen molar-refractivity contribution in [1.29, 1.82) is 0 Å². The highest BCUT2D eigenvalue weighted by atomic mass is 32.2. The van der Waals surface area contributed by atoms with Crippen molar-refractivity contribution in [2.24, 2.45) is 0 Å². The van der Waals surface area contributed by atoms with Crippen LogP contribution >= 0.6 is 23.1 Å². The van der Waals surface area contributed by atoms with Gasteiger partial charge in [-0.1, -0.05) is 74.2 Å². The van der Waals surface area contributed by atoms with Gasteiger partial charge in [-0.3, -0.25) is 14.5 Å². The number of hydrogen-bond donors (Lipinski definition) is 0. The van der Waals surface area contributed by atoms with Crippen molar-refractivity contribution in [2.75, 3.05) is 26.2 Å². The standard InChI is InChI=1S/C22H28N6O2S2/c1-15(18(29)27-12-10-26(11-13-27)14-16-8-6-5-7-9-16)31-21-25-28-19(30)17(22(2,3)4)23-24-20(28)32-21/h5-9,15H,10-14H2,1-4H3. The van der Waals surface area contributed by atoms with E-state index in [1.807, 2.05) is 38.7 Å². The lowest BCUT2D eigenvalue weighted by molar-refractivity contribution is -0.132. The Morgan fingerprint density at radius 2 is 1.81 bits per heavy atom. The summed E-state index contributed by atoms with van der Waals surface area (Å²) in [6, 6.07) is 10.4. The van der Waals surface area contributed by atoms with Gasteiger partial charge in [-0.2, -0.15) is 4.52 Å². The van der Waals surface area contributed by atoms with E-state index in [4.69, 9.17) is 0 Å². The topological polar surface area (TPSA) is 83.7 Å². The molecule has 3 aromatic rings. The van der Waals surface area contributed by atoms with Gasteiger partial charge in [0.2, 0.25) is 10.9 Å². The molecule has 0 N–H and O–H groups in total. The number of thioether (sulfide) groups is 1. The largest absolute Gasteiger partial charge is 0.339 e. The quantitative estimate of drug-likeness (QED) is 0.528. The van der Waals surface area contributed by atoms with Gasteiger partial charge in [0.05, 0.1) is 5.25 Å². The maximum absolute atomic E-state index is 13.0. The van der Waals surface area contributed by atoms with E-state index in [9.17, 15) is 9.59 Å². The highest BCUT2D eigenvalue weighted by Gasteiger charge is 2.27. The summed E-state index contributed by atoms with van der Waals surface area (Å²) in [5, 5.41) is 12.4. The molecule has 4 rings (SSSR count). The summed E-state index contributed by atoms with van der Waals surface area (Å²) < 4.78 is 1.95. The molecule has 1 aliphatic rings. The molecule has 0 saturated carbocycles. The van der Waals surface area contributed by atoms with Crippen LogP contribution < -0.4 is 5.56 Å². The van der Waals surface area contributed by atoms with Crippen LogP contribution in [0.4, 0.5) is 0 Å². The Labute approximate surface area is 195 Å². The predicted molar refractivity (Wildman–Crippen MR) is 127 cm³/mol. The van der Waals surface area contributed by atoms with Gasteiger partial charge in [0.25, 0.3) is 5.56 Å². The van der Waals surface area contributed by atoms with E-state index in [2.05, 4.69) is 44.5 Å². The first-order valence-electron chi connectivity index (χ1n) is 10.7. The number of rotatable bonds is 5. The van der Waals surface area contributed by atoms with Crippen molar-refractivity contribution in [3.63, 3.8) is 0 Å². The number of benzene rings is 1. The van der Waals surface area contributed by atoms with E-state index in [1.165, 1.54) is 33.2 Å². The minimum atomic E-state index is -0.409. The first kappa shape index (κ1) is 22.9. The van der Waals surface area contributed by atoms with Crippen LogP contribution in [0.2, 0.25) is 0 Å². The van der Waals surface area contributed by atoms with Crippen LogP contribution in [-0.2, 0) is 16.8 Å². The summed E-state index contributed by atoms with van der Waals surface area (Å²) in [7, 11) is 0. The zero-order chi connectivity index (χ0) is 22.9. The molecule has 0 radical (unpaired) electrons. The first-order valence-corrected chi connectivity index (χ1v) is 12.4. The maximum Gasteiger partial charge on any atom is 0.297 e. The fraction of sp³-hybridized carbons (Fsp3) is 0.500. The van der Waals surface area contributed by atoms with Crippen LogP contribution in [0.5, 0.6) is 0 Å². The van der Waals surface area contributed by atoms with Crippen LogP contribution in [0.1, 0.15) is 39.0 Å². The molecule has 0 aliphatic carbocycles. The Balaban J connectivity index is 1.37. The second-order valence-electron chi connectivity index (χ2n) is 9.01. The van der Waals surface area contributed by atoms with Gasteiger partial charge in [-0.25, -0.2) is 0 Å². The van der Waals surface area contributed by atoms with Gasteiger partial charge in [0.15, 0.2) is 4.34 Å². The minimum absolute atomic E-state index is 0.0995. The highest BCUT2D eigenvalue weighted by molar-refractivity contribution is 8.02. The molecule has 0 bridgehead atoms. The van der Waals surface area contributed by atoms with Crippen molar-refractivity contribution in [3.8, 4) is 0 Å². The lowest BCUT2D eigenvalue weighted by Gasteiger charge is -2.35. The molecule has 8 nitrogen and oxygen atoms in total. The van der Waals surface area contributed by atoms with Crippen molar-refractivity contribution in [1.82, 2.24) is 29.6 Å². The normalized spacial score (nSPS) is 16.4. The fourth-order valence-corrected chi connectivity index (χ4v) is 5.74. The molecule has 2 aromatic heterocycles. The molecule has 170 valence electrons. The summed E-state index contributed by atoms with van der Waals surface area (Å²) in [4.78, 5) is 30.5. The molecule has 1 unspecified atom stereocenters. The van der Waals surface area contributed by atoms with E-state index < -0.39 is 5.41 Å². The van der Waals surface area contributed by atoms with E-state index >= 15 is 0 Å². The molecule has 1 atom stereocenters. The molecular weight excluding hydrogens is 444 g/mol. The maximum atomic E-state index is 13.0. The lowest BCUT2D eigenvalue weighted by Crippen LogP contribution is -2.50. The van der Waals surface area contributed by atoms with Crippen LogP contribution in [0.25, 0.3) is 4.96 Å². The van der Waals surface area contributed by atoms with Crippen LogP contribution in [0.15, 0.2) is 39.5 Å². The SMILES string of the molecule is CC(Sc1nn2c(=O)c(C(C)(C)C)nnc2s1)C(=O)N1CCN(Cc2ccccc2)CC1. The average Bonchev–Trinajstić information content (AvgIpc) is 3.17. The molecule has 1 fully saturated rings. The van der Waals surface area contributed by atoms with Gasteiger partial charge in [-0.05, 0) is 12.5 Å². The third-order valence-electron chi connectivity index (χ3n) is 5.44. The highest BCUT2D eigenvalue weighted by Crippen LogP contribution is 2.28. The van der Waals surface area contributed by atoms with Crippen molar-refractivity contribution in [2.45, 2.75) is 49.2 Å². The van der Waals surface area contributed by atoms with E-state index in [0.29, 0.717) is 15.0 Å². The number of nitrogens with zero attached hydrogens (tertiary/aromatic N) is 6.